The van der Waals surface area contributed by atoms with Crippen molar-refractivity contribution in [2.45, 2.75) is 66.1 Å². The topological polar surface area (TPSA) is 0 Å². The Labute approximate surface area is 102 Å². The average Bonchev–Trinajstić information content (AvgIpc) is 2.22. The van der Waals surface area contributed by atoms with Gasteiger partial charge in [0.15, 0.2) is 0 Å². The van der Waals surface area contributed by atoms with Gasteiger partial charge < -0.3 is 0 Å². The van der Waals surface area contributed by atoms with Crippen molar-refractivity contribution >= 4 is 11.8 Å². The Morgan fingerprint density at radius 2 is 1.60 bits per heavy atom. The third-order valence-electron chi connectivity index (χ3n) is 3.58. The van der Waals surface area contributed by atoms with E-state index in [4.69, 9.17) is 0 Å². The highest BCUT2D eigenvalue weighted by atomic mass is 32.2. The quantitative estimate of drug-likeness (QED) is 0.515. The van der Waals surface area contributed by atoms with E-state index in [1.807, 2.05) is 0 Å². The summed E-state index contributed by atoms with van der Waals surface area (Å²) in [6.45, 7) is 14.2. The second-order valence-electron chi connectivity index (χ2n) is 5.18. The second kappa shape index (κ2) is 8.50. The lowest BCUT2D eigenvalue weighted by molar-refractivity contribution is 0.340. The van der Waals surface area contributed by atoms with Crippen LogP contribution in [0.15, 0.2) is 0 Å². The van der Waals surface area contributed by atoms with E-state index in [0.29, 0.717) is 0 Å². The van der Waals surface area contributed by atoms with Crippen molar-refractivity contribution in [3.8, 4) is 0 Å². The average molecular weight is 230 g/mol. The van der Waals surface area contributed by atoms with Crippen LogP contribution in [0.25, 0.3) is 0 Å². The minimum atomic E-state index is 0.818. The lowest BCUT2D eigenvalue weighted by Gasteiger charge is -2.31. The predicted molar refractivity (Wildman–Crippen MR) is 74.6 cm³/mol. The summed E-state index contributed by atoms with van der Waals surface area (Å²) in [5.41, 5.74) is 0. The maximum atomic E-state index is 2.43. The molecule has 15 heavy (non-hydrogen) atoms. The molecule has 0 radical (unpaired) electrons. The van der Waals surface area contributed by atoms with Gasteiger partial charge in [0, 0.05) is 5.25 Å². The molecule has 0 aliphatic carbocycles. The van der Waals surface area contributed by atoms with Gasteiger partial charge in [-0.15, -0.1) is 0 Å². The van der Waals surface area contributed by atoms with Crippen molar-refractivity contribution in [2.24, 2.45) is 17.8 Å². The molecule has 0 aromatic rings. The molecule has 3 atom stereocenters. The summed E-state index contributed by atoms with van der Waals surface area (Å²) in [6, 6.07) is 0. The smallest absolute Gasteiger partial charge is 0.0101 e. The van der Waals surface area contributed by atoms with Gasteiger partial charge in [-0.25, -0.2) is 0 Å². The summed E-state index contributed by atoms with van der Waals surface area (Å²) in [5.74, 6) is 3.88. The zero-order chi connectivity index (χ0) is 11.8. The van der Waals surface area contributed by atoms with Gasteiger partial charge in [0.1, 0.15) is 0 Å². The highest BCUT2D eigenvalue weighted by Gasteiger charge is 2.24. The van der Waals surface area contributed by atoms with E-state index < -0.39 is 0 Å². The number of rotatable bonds is 8. The molecule has 1 heteroatoms. The fourth-order valence-corrected chi connectivity index (χ4v) is 3.68. The summed E-state index contributed by atoms with van der Waals surface area (Å²) in [7, 11) is 0. The first-order valence-electron chi connectivity index (χ1n) is 6.66. The van der Waals surface area contributed by atoms with E-state index >= 15 is 0 Å². The van der Waals surface area contributed by atoms with Crippen LogP contribution in [0.4, 0.5) is 0 Å². The van der Waals surface area contributed by atoms with Crippen LogP contribution in [0.1, 0.15) is 60.8 Å². The maximum Gasteiger partial charge on any atom is 0.0101 e. The molecular formula is C14H30S. The molecule has 92 valence electrons. The third kappa shape index (κ3) is 5.85. The number of hydrogen-bond acceptors (Lipinski definition) is 1. The molecule has 0 aliphatic rings. The van der Waals surface area contributed by atoms with E-state index in [9.17, 15) is 0 Å². The van der Waals surface area contributed by atoms with Gasteiger partial charge in [-0.1, -0.05) is 54.4 Å². The maximum absolute atomic E-state index is 2.43. The van der Waals surface area contributed by atoms with Crippen LogP contribution >= 0.6 is 11.8 Å². The van der Waals surface area contributed by atoms with Gasteiger partial charge in [-0.3, -0.25) is 0 Å². The Morgan fingerprint density at radius 3 is 2.00 bits per heavy atom. The molecule has 0 bridgehead atoms. The predicted octanol–water partition coefficient (Wildman–Crippen LogP) is 5.23. The number of hydrogen-bond donors (Lipinski definition) is 0. The zero-order valence-corrected chi connectivity index (χ0v) is 12.4. The lowest BCUT2D eigenvalue weighted by Crippen LogP contribution is -2.26. The van der Waals surface area contributed by atoms with E-state index in [1.165, 1.54) is 25.0 Å². The lowest BCUT2D eigenvalue weighted by atomic mass is 9.87. The number of unbranched alkanes of at least 4 members (excludes halogenated alkanes) is 1. The molecule has 0 amide bonds. The molecule has 0 aromatic carbocycles. The number of thioether (sulfide) groups is 1. The van der Waals surface area contributed by atoms with E-state index in [2.05, 4.69) is 53.3 Å². The molecule has 0 saturated heterocycles. The Hall–Kier alpha value is 0.350. The first-order valence-corrected chi connectivity index (χ1v) is 7.70. The fraction of sp³-hybridized carbons (Fsp3) is 1.00. The van der Waals surface area contributed by atoms with Crippen molar-refractivity contribution in [3.63, 3.8) is 0 Å². The highest BCUT2D eigenvalue weighted by Crippen LogP contribution is 2.33. The van der Waals surface area contributed by atoms with Gasteiger partial charge in [-0.05, 0) is 29.9 Å². The SMILES string of the molecule is CCCCSC(C(C)CC)C(C)C(C)C. The van der Waals surface area contributed by atoms with Crippen LogP contribution in [0.5, 0.6) is 0 Å². The van der Waals surface area contributed by atoms with Gasteiger partial charge >= 0.3 is 0 Å². The van der Waals surface area contributed by atoms with Gasteiger partial charge in [-0.2, -0.15) is 11.8 Å². The normalized spacial score (nSPS) is 17.8. The minimum absolute atomic E-state index is 0.818. The summed E-state index contributed by atoms with van der Waals surface area (Å²) in [4.78, 5) is 0. The molecule has 0 aliphatic heterocycles. The molecular weight excluding hydrogens is 200 g/mol. The molecule has 0 nitrogen and oxygen atoms in total. The highest BCUT2D eigenvalue weighted by molar-refractivity contribution is 7.99. The van der Waals surface area contributed by atoms with Crippen molar-refractivity contribution < 1.29 is 0 Å². The Bertz CT molecular complexity index is 142. The fourth-order valence-electron chi connectivity index (χ4n) is 1.81. The molecule has 0 saturated carbocycles. The Morgan fingerprint density at radius 1 is 1.00 bits per heavy atom. The van der Waals surface area contributed by atoms with E-state index in [0.717, 1.165) is 23.0 Å². The van der Waals surface area contributed by atoms with Crippen molar-refractivity contribution in [1.82, 2.24) is 0 Å². The van der Waals surface area contributed by atoms with Crippen molar-refractivity contribution in [3.05, 3.63) is 0 Å². The van der Waals surface area contributed by atoms with E-state index in [-0.39, 0.29) is 0 Å². The first kappa shape index (κ1) is 15.3. The van der Waals surface area contributed by atoms with Gasteiger partial charge in [0.25, 0.3) is 0 Å². The first-order chi connectivity index (χ1) is 7.04. The summed E-state index contributed by atoms with van der Waals surface area (Å²) < 4.78 is 0. The molecule has 0 spiro atoms. The largest absolute Gasteiger partial charge is 0.158 e. The third-order valence-corrected chi connectivity index (χ3v) is 5.39. The van der Waals surface area contributed by atoms with Crippen molar-refractivity contribution in [2.75, 3.05) is 5.75 Å². The van der Waals surface area contributed by atoms with Crippen LogP contribution in [-0.4, -0.2) is 11.0 Å². The molecule has 0 rings (SSSR count). The summed E-state index contributed by atoms with van der Waals surface area (Å²) >= 11 is 2.22. The Kier molecular flexibility index (Phi) is 8.69. The Balaban J connectivity index is 4.17. The van der Waals surface area contributed by atoms with Crippen LogP contribution in [0.3, 0.4) is 0 Å². The van der Waals surface area contributed by atoms with Gasteiger partial charge in [0.2, 0.25) is 0 Å². The van der Waals surface area contributed by atoms with Crippen LogP contribution < -0.4 is 0 Å². The molecule has 0 N–H and O–H groups in total. The molecule has 0 fully saturated rings. The van der Waals surface area contributed by atoms with Crippen molar-refractivity contribution in [1.29, 1.82) is 0 Å². The standard InChI is InChI=1S/C14H30S/c1-7-9-10-15-14(12(5)8-2)13(6)11(3)4/h11-14H,7-10H2,1-6H3. The van der Waals surface area contributed by atoms with Gasteiger partial charge in [0.05, 0.1) is 0 Å². The van der Waals surface area contributed by atoms with Crippen LogP contribution in [0, 0.1) is 17.8 Å². The molecule has 0 heterocycles. The van der Waals surface area contributed by atoms with Crippen LogP contribution in [0.2, 0.25) is 0 Å². The van der Waals surface area contributed by atoms with Crippen LogP contribution in [-0.2, 0) is 0 Å². The summed E-state index contributed by atoms with van der Waals surface area (Å²) in [5, 5.41) is 0.863. The second-order valence-corrected chi connectivity index (χ2v) is 6.46. The molecule has 3 unspecified atom stereocenters. The zero-order valence-electron chi connectivity index (χ0n) is 11.5. The van der Waals surface area contributed by atoms with E-state index in [1.54, 1.807) is 0 Å². The molecule has 0 aromatic heterocycles. The monoisotopic (exact) mass is 230 g/mol. The minimum Gasteiger partial charge on any atom is -0.158 e. The summed E-state index contributed by atoms with van der Waals surface area (Å²) in [6.07, 6.45) is 4.03.